The lowest BCUT2D eigenvalue weighted by atomic mass is 10.5. The highest BCUT2D eigenvalue weighted by atomic mass is 32.2. The molecule has 0 unspecified atom stereocenters. The maximum atomic E-state index is 11.1. The van der Waals surface area contributed by atoms with Crippen LogP contribution in [0.1, 0.15) is 0 Å². The summed E-state index contributed by atoms with van der Waals surface area (Å²) in [6.07, 6.45) is 3.49. The Balaban J connectivity index is 2.63. The summed E-state index contributed by atoms with van der Waals surface area (Å²) in [5.74, 6) is 0. The molecule has 0 radical (unpaired) electrons. The number of hydrogen-bond donors (Lipinski definition) is 0. The molecule has 0 spiro atoms. The van der Waals surface area contributed by atoms with E-state index in [0.29, 0.717) is 6.54 Å². The van der Waals surface area contributed by atoms with Gasteiger partial charge in [0.05, 0.1) is 5.03 Å². The first-order chi connectivity index (χ1) is 5.38. The molecule has 2 heterocycles. The van der Waals surface area contributed by atoms with Crippen molar-refractivity contribution in [1.82, 2.24) is 9.55 Å². The van der Waals surface area contributed by atoms with Crippen LogP contribution in [0.4, 0.5) is 0 Å². The first-order valence-corrected chi connectivity index (χ1v) is 4.13. The minimum absolute atomic E-state index is 0.167. The fourth-order valence-corrected chi connectivity index (χ4v) is 1.70. The number of nitrogens with zero attached hydrogens (tertiary/aromatic N) is 2. The quantitative estimate of drug-likeness (QED) is 0.536. The van der Waals surface area contributed by atoms with Gasteiger partial charge in [-0.2, -0.15) is 0 Å². The van der Waals surface area contributed by atoms with Crippen molar-refractivity contribution in [2.75, 3.05) is 0 Å². The highest BCUT2D eigenvalue weighted by molar-refractivity contribution is 8.02. The molecule has 0 aliphatic carbocycles. The van der Waals surface area contributed by atoms with E-state index in [4.69, 9.17) is 0 Å². The zero-order chi connectivity index (χ0) is 7.68. The van der Waals surface area contributed by atoms with Crippen LogP contribution >= 0.6 is 11.8 Å². The molecule has 0 saturated heterocycles. The molecular formula is C7H6N2OS. The highest BCUT2D eigenvalue weighted by Crippen LogP contribution is 2.20. The van der Waals surface area contributed by atoms with E-state index in [1.54, 1.807) is 22.5 Å². The Labute approximate surface area is 67.8 Å². The minimum Gasteiger partial charge on any atom is -0.283 e. The summed E-state index contributed by atoms with van der Waals surface area (Å²) >= 11 is 1.55. The third-order valence-electron chi connectivity index (χ3n) is 1.47. The van der Waals surface area contributed by atoms with E-state index < -0.39 is 0 Å². The molecule has 0 fully saturated rings. The largest absolute Gasteiger partial charge is 0.348 e. The van der Waals surface area contributed by atoms with E-state index in [-0.39, 0.29) is 5.69 Å². The van der Waals surface area contributed by atoms with Gasteiger partial charge in [-0.3, -0.25) is 4.57 Å². The van der Waals surface area contributed by atoms with E-state index >= 15 is 0 Å². The summed E-state index contributed by atoms with van der Waals surface area (Å²) in [4.78, 5) is 14.7. The lowest BCUT2D eigenvalue weighted by Gasteiger charge is -2.10. The molecule has 4 heteroatoms. The van der Waals surface area contributed by atoms with Gasteiger partial charge in [-0.1, -0.05) is 17.8 Å². The third kappa shape index (κ3) is 1.09. The summed E-state index contributed by atoms with van der Waals surface area (Å²) in [5, 5.41) is 2.95. The van der Waals surface area contributed by atoms with E-state index in [1.165, 1.54) is 0 Å². The zero-order valence-electron chi connectivity index (χ0n) is 5.73. The molecule has 11 heavy (non-hydrogen) atoms. The fourth-order valence-electron chi connectivity index (χ4n) is 0.956. The average molecular weight is 166 g/mol. The number of fused-ring (bicyclic) bond motifs is 1. The molecule has 3 nitrogen and oxygen atoms in total. The summed E-state index contributed by atoms with van der Waals surface area (Å²) < 4.78 is 1.64. The molecule has 0 bridgehead atoms. The van der Waals surface area contributed by atoms with E-state index in [9.17, 15) is 4.79 Å². The monoisotopic (exact) mass is 166 g/mol. The van der Waals surface area contributed by atoms with Gasteiger partial charge in [0.15, 0.2) is 0 Å². The summed E-state index contributed by atoms with van der Waals surface area (Å²) in [7, 11) is 0. The minimum atomic E-state index is -0.167. The van der Waals surface area contributed by atoms with Crippen molar-refractivity contribution in [3.05, 3.63) is 34.2 Å². The van der Waals surface area contributed by atoms with Crippen molar-refractivity contribution in [2.24, 2.45) is 0 Å². The highest BCUT2D eigenvalue weighted by Gasteiger charge is 2.04. The van der Waals surface area contributed by atoms with Crippen LogP contribution in [0.15, 0.2) is 33.6 Å². The molecule has 0 saturated carbocycles. The second-order valence-electron chi connectivity index (χ2n) is 2.17. The Kier molecular flexibility index (Phi) is 1.54. The van der Waals surface area contributed by atoms with Gasteiger partial charge in [-0.15, -0.1) is 0 Å². The Bertz CT molecular complexity index is 356. The number of aromatic nitrogens is 2. The molecule has 1 aromatic heterocycles. The lowest BCUT2D eigenvalue weighted by Crippen LogP contribution is -2.23. The molecule has 0 N–H and O–H groups in total. The van der Waals surface area contributed by atoms with Gasteiger partial charge in [0, 0.05) is 12.7 Å². The van der Waals surface area contributed by atoms with Gasteiger partial charge in [0.25, 0.3) is 0 Å². The number of thioether (sulfide) groups is 1. The Morgan fingerprint density at radius 3 is 3.36 bits per heavy atom. The van der Waals surface area contributed by atoms with E-state index in [0.717, 1.165) is 5.03 Å². The van der Waals surface area contributed by atoms with Crippen molar-refractivity contribution < 1.29 is 0 Å². The normalized spacial score (nSPS) is 14.5. The smallest absolute Gasteiger partial charge is 0.283 e. The number of allylic oxidation sites excluding steroid dienone is 1. The predicted octanol–water partition coefficient (Wildman–Crippen LogP) is 0.863. The molecule has 1 aliphatic rings. The van der Waals surface area contributed by atoms with Crippen molar-refractivity contribution in [3.63, 3.8) is 0 Å². The summed E-state index contributed by atoms with van der Waals surface area (Å²) in [5.41, 5.74) is -0.167. The van der Waals surface area contributed by atoms with Crippen LogP contribution in [-0.2, 0) is 6.54 Å². The second-order valence-corrected chi connectivity index (χ2v) is 3.09. The van der Waals surface area contributed by atoms with Crippen molar-refractivity contribution in [2.45, 2.75) is 11.6 Å². The van der Waals surface area contributed by atoms with Crippen LogP contribution in [0.25, 0.3) is 0 Å². The van der Waals surface area contributed by atoms with Crippen molar-refractivity contribution >= 4 is 11.8 Å². The van der Waals surface area contributed by atoms with Crippen LogP contribution < -0.4 is 5.69 Å². The summed E-state index contributed by atoms with van der Waals surface area (Å²) in [6, 6.07) is 1.84. The van der Waals surface area contributed by atoms with Gasteiger partial charge in [-0.25, -0.2) is 9.78 Å². The summed E-state index contributed by atoms with van der Waals surface area (Å²) in [6.45, 7) is 0.648. The van der Waals surface area contributed by atoms with Gasteiger partial charge in [0.2, 0.25) is 0 Å². The zero-order valence-corrected chi connectivity index (χ0v) is 6.54. The molecule has 56 valence electrons. The molecule has 1 aromatic rings. The molecule has 0 amide bonds. The third-order valence-corrected chi connectivity index (χ3v) is 2.40. The Morgan fingerprint density at radius 2 is 2.55 bits per heavy atom. The van der Waals surface area contributed by atoms with Crippen LogP contribution in [0.3, 0.4) is 0 Å². The second kappa shape index (κ2) is 2.54. The first kappa shape index (κ1) is 6.67. The van der Waals surface area contributed by atoms with Crippen molar-refractivity contribution in [1.29, 1.82) is 0 Å². The number of rotatable bonds is 0. The maximum Gasteiger partial charge on any atom is 0.348 e. The van der Waals surface area contributed by atoms with Gasteiger partial charge >= 0.3 is 5.69 Å². The van der Waals surface area contributed by atoms with Crippen LogP contribution in [-0.4, -0.2) is 9.55 Å². The molecule has 0 aromatic carbocycles. The molecule has 0 atom stereocenters. The molecule has 1 aliphatic heterocycles. The topological polar surface area (TPSA) is 34.9 Å². The van der Waals surface area contributed by atoms with Crippen LogP contribution in [0.5, 0.6) is 0 Å². The molecule has 2 rings (SSSR count). The number of hydrogen-bond acceptors (Lipinski definition) is 3. The first-order valence-electron chi connectivity index (χ1n) is 3.25. The van der Waals surface area contributed by atoms with E-state index in [2.05, 4.69) is 4.98 Å². The SMILES string of the molecule is O=c1nccc2n1CC=CS2. The lowest BCUT2D eigenvalue weighted by molar-refractivity contribution is 0.667. The van der Waals surface area contributed by atoms with Crippen LogP contribution in [0, 0.1) is 0 Å². The van der Waals surface area contributed by atoms with Crippen LogP contribution in [0.2, 0.25) is 0 Å². The van der Waals surface area contributed by atoms with Gasteiger partial charge < -0.3 is 0 Å². The average Bonchev–Trinajstić information content (AvgIpc) is 2.06. The Morgan fingerprint density at radius 1 is 1.64 bits per heavy atom. The van der Waals surface area contributed by atoms with E-state index in [1.807, 2.05) is 17.6 Å². The van der Waals surface area contributed by atoms with Gasteiger partial charge in [0.1, 0.15) is 0 Å². The maximum absolute atomic E-state index is 11.1. The van der Waals surface area contributed by atoms with Crippen molar-refractivity contribution in [3.8, 4) is 0 Å². The predicted molar refractivity (Wildman–Crippen MR) is 43.5 cm³/mol. The van der Waals surface area contributed by atoms with Gasteiger partial charge in [-0.05, 0) is 11.5 Å². The molecular weight excluding hydrogens is 160 g/mol. The Hall–Kier alpha value is -1.03. The fraction of sp³-hybridized carbons (Fsp3) is 0.143. The standard InChI is InChI=1S/C7H6N2OS/c10-7-8-3-2-6-9(7)4-1-5-11-6/h1-3,5H,4H2.